The molecule has 38 heavy (non-hydrogen) atoms. The smallest absolute Gasteiger partial charge is 0.408 e. The van der Waals surface area contributed by atoms with Crippen molar-refractivity contribution in [2.45, 2.75) is 97.9 Å². The first-order valence-corrected chi connectivity index (χ1v) is 13.3. The Bertz CT molecular complexity index is 869. The first kappa shape index (κ1) is 32.7. The Kier molecular flexibility index (Phi) is 14.9. The summed E-state index contributed by atoms with van der Waals surface area (Å²) in [5.74, 6) is -0.916. The zero-order valence-corrected chi connectivity index (χ0v) is 23.6. The minimum atomic E-state index is -0.882. The van der Waals surface area contributed by atoms with E-state index in [1.54, 1.807) is 20.8 Å². The quantitative estimate of drug-likeness (QED) is 0.172. The Balaban J connectivity index is 2.70. The van der Waals surface area contributed by atoms with Gasteiger partial charge in [0.15, 0.2) is 0 Å². The fourth-order valence-electron chi connectivity index (χ4n) is 3.41. The van der Waals surface area contributed by atoms with Crippen LogP contribution in [-0.4, -0.2) is 54.9 Å². The molecule has 0 bridgehead atoms. The molecule has 0 spiro atoms. The van der Waals surface area contributed by atoms with Crippen LogP contribution in [0.4, 0.5) is 9.59 Å². The van der Waals surface area contributed by atoms with Crippen LogP contribution in [-0.2, 0) is 30.4 Å². The zero-order chi connectivity index (χ0) is 28.6. The molecule has 0 saturated heterocycles. The molecule has 2 atom stereocenters. The number of unbranched alkanes of at least 4 members (excludes halogenated alkanes) is 1. The summed E-state index contributed by atoms with van der Waals surface area (Å²) in [7, 11) is 0. The number of rotatable bonds is 15. The molecule has 0 unspecified atom stereocenters. The lowest BCUT2D eigenvalue weighted by molar-refractivity contribution is -0.148. The molecule has 3 amide bonds. The summed E-state index contributed by atoms with van der Waals surface area (Å²) in [6, 6.07) is 7.46. The van der Waals surface area contributed by atoms with Gasteiger partial charge in [0.2, 0.25) is 5.91 Å². The second-order valence-electron chi connectivity index (χ2n) is 10.5. The van der Waals surface area contributed by atoms with E-state index in [-0.39, 0.29) is 19.1 Å². The van der Waals surface area contributed by atoms with Gasteiger partial charge in [-0.2, -0.15) is 0 Å². The van der Waals surface area contributed by atoms with E-state index in [4.69, 9.17) is 14.2 Å². The molecular formula is C28H45N3O7. The fraction of sp³-hybridized carbons (Fsp3) is 0.643. The van der Waals surface area contributed by atoms with Crippen molar-refractivity contribution in [1.29, 1.82) is 0 Å². The molecule has 0 aliphatic heterocycles. The minimum Gasteiger partial charge on any atom is -0.464 e. The number of carbonyl (C=O) groups excluding carboxylic acids is 4. The number of esters is 1. The van der Waals surface area contributed by atoms with E-state index in [1.165, 1.54) is 0 Å². The molecule has 0 heterocycles. The Morgan fingerprint density at radius 3 is 2.18 bits per heavy atom. The molecule has 10 heteroatoms. The molecule has 10 nitrogen and oxygen atoms in total. The van der Waals surface area contributed by atoms with Gasteiger partial charge in [-0.25, -0.2) is 14.4 Å². The predicted molar refractivity (Wildman–Crippen MR) is 144 cm³/mol. The largest absolute Gasteiger partial charge is 0.464 e. The first-order valence-electron chi connectivity index (χ1n) is 13.3. The average molecular weight is 536 g/mol. The Morgan fingerprint density at radius 1 is 0.895 bits per heavy atom. The van der Waals surface area contributed by atoms with Crippen LogP contribution in [0.1, 0.15) is 79.2 Å². The maximum Gasteiger partial charge on any atom is 0.408 e. The standard InChI is InChI=1S/C28H45N3O7/c1-7-17-36-25(33)22(15-11-12-16-29-26(34)38-28(4,5)6)30-24(32)23(18-20(2)3)31-27(35)37-19-21-13-9-8-10-14-21/h8-10,13-14,20,22-23H,7,11-12,15-19H2,1-6H3,(H,29,34)(H,30,32)(H,31,35)/t22-,23-/m0/s1. The summed E-state index contributed by atoms with van der Waals surface area (Å²) < 4.78 is 15.8. The monoisotopic (exact) mass is 535 g/mol. The molecule has 0 radical (unpaired) electrons. The molecule has 214 valence electrons. The van der Waals surface area contributed by atoms with E-state index >= 15 is 0 Å². The van der Waals surface area contributed by atoms with Crippen molar-refractivity contribution < 1.29 is 33.4 Å². The van der Waals surface area contributed by atoms with E-state index in [1.807, 2.05) is 51.1 Å². The summed E-state index contributed by atoms with van der Waals surface area (Å²) in [6.07, 6.45) is 1.23. The first-order chi connectivity index (χ1) is 17.9. The molecule has 1 rings (SSSR count). The van der Waals surface area contributed by atoms with E-state index in [0.717, 1.165) is 5.56 Å². The molecule has 0 aliphatic carbocycles. The van der Waals surface area contributed by atoms with E-state index in [0.29, 0.717) is 38.6 Å². The van der Waals surface area contributed by atoms with Crippen molar-refractivity contribution >= 4 is 24.1 Å². The van der Waals surface area contributed by atoms with Crippen molar-refractivity contribution in [3.8, 4) is 0 Å². The number of carbonyl (C=O) groups is 4. The minimum absolute atomic E-state index is 0.0754. The third kappa shape index (κ3) is 15.1. The van der Waals surface area contributed by atoms with E-state index in [2.05, 4.69) is 16.0 Å². The van der Waals surface area contributed by atoms with Gasteiger partial charge in [0.25, 0.3) is 0 Å². The van der Waals surface area contributed by atoms with E-state index in [9.17, 15) is 19.2 Å². The lowest BCUT2D eigenvalue weighted by atomic mass is 10.0. The second kappa shape index (κ2) is 17.3. The third-order valence-corrected chi connectivity index (χ3v) is 5.17. The van der Waals surface area contributed by atoms with Crippen LogP contribution in [0.2, 0.25) is 0 Å². The lowest BCUT2D eigenvalue weighted by Crippen LogP contribution is -2.52. The van der Waals surface area contributed by atoms with Crippen molar-refractivity contribution in [2.24, 2.45) is 5.92 Å². The molecule has 3 N–H and O–H groups in total. The molecule has 1 aromatic carbocycles. The topological polar surface area (TPSA) is 132 Å². The van der Waals surface area contributed by atoms with Gasteiger partial charge in [0.1, 0.15) is 24.3 Å². The maximum absolute atomic E-state index is 13.1. The van der Waals surface area contributed by atoms with Crippen LogP contribution >= 0.6 is 0 Å². The second-order valence-corrected chi connectivity index (χ2v) is 10.5. The predicted octanol–water partition coefficient (Wildman–Crippen LogP) is 4.46. The molecule has 0 aliphatic rings. The maximum atomic E-state index is 13.1. The summed E-state index contributed by atoms with van der Waals surface area (Å²) in [6.45, 7) is 11.8. The number of amides is 3. The highest BCUT2D eigenvalue weighted by molar-refractivity contribution is 5.89. The van der Waals surface area contributed by atoms with Crippen LogP contribution in [0, 0.1) is 5.92 Å². The highest BCUT2D eigenvalue weighted by Crippen LogP contribution is 2.10. The van der Waals surface area contributed by atoms with E-state index < -0.39 is 41.7 Å². The summed E-state index contributed by atoms with van der Waals surface area (Å²) >= 11 is 0. The van der Waals surface area contributed by atoms with Gasteiger partial charge in [0, 0.05) is 6.54 Å². The molecular weight excluding hydrogens is 490 g/mol. The summed E-state index contributed by atoms with van der Waals surface area (Å²) in [4.78, 5) is 50.0. The van der Waals surface area contributed by atoms with Crippen molar-refractivity contribution in [3.63, 3.8) is 0 Å². The highest BCUT2D eigenvalue weighted by atomic mass is 16.6. The third-order valence-electron chi connectivity index (χ3n) is 5.17. The van der Waals surface area contributed by atoms with Gasteiger partial charge in [0.05, 0.1) is 6.61 Å². The number of benzene rings is 1. The number of alkyl carbamates (subject to hydrolysis) is 2. The van der Waals surface area contributed by atoms with Crippen LogP contribution in [0.15, 0.2) is 30.3 Å². The Hall–Kier alpha value is -3.30. The van der Waals surface area contributed by atoms with Crippen molar-refractivity contribution in [2.75, 3.05) is 13.2 Å². The normalized spacial score (nSPS) is 12.7. The SMILES string of the molecule is CCCOC(=O)[C@H](CCCCNC(=O)OC(C)(C)C)NC(=O)[C@H](CC(C)C)NC(=O)OCc1ccccc1. The van der Waals surface area contributed by atoms with Gasteiger partial charge in [-0.1, -0.05) is 51.1 Å². The van der Waals surface area contributed by atoms with Gasteiger partial charge in [-0.05, 0) is 64.4 Å². The highest BCUT2D eigenvalue weighted by Gasteiger charge is 2.28. The van der Waals surface area contributed by atoms with Crippen LogP contribution < -0.4 is 16.0 Å². The van der Waals surface area contributed by atoms with Gasteiger partial charge in [-0.15, -0.1) is 0 Å². The molecule has 0 saturated carbocycles. The lowest BCUT2D eigenvalue weighted by Gasteiger charge is -2.23. The average Bonchev–Trinajstić information content (AvgIpc) is 2.83. The zero-order valence-electron chi connectivity index (χ0n) is 23.6. The van der Waals surface area contributed by atoms with Gasteiger partial charge < -0.3 is 30.2 Å². The Morgan fingerprint density at radius 2 is 1.58 bits per heavy atom. The summed E-state index contributed by atoms with van der Waals surface area (Å²) in [5, 5.41) is 8.05. The van der Waals surface area contributed by atoms with Crippen LogP contribution in [0.5, 0.6) is 0 Å². The van der Waals surface area contributed by atoms with Crippen LogP contribution in [0.3, 0.4) is 0 Å². The molecule has 0 fully saturated rings. The van der Waals surface area contributed by atoms with Crippen LogP contribution in [0.25, 0.3) is 0 Å². The molecule has 0 aromatic heterocycles. The fourth-order valence-corrected chi connectivity index (χ4v) is 3.41. The number of nitrogens with one attached hydrogen (secondary N) is 3. The Labute approximate surface area is 226 Å². The number of hydrogen-bond acceptors (Lipinski definition) is 7. The van der Waals surface area contributed by atoms with Gasteiger partial charge >= 0.3 is 18.2 Å². The summed E-state index contributed by atoms with van der Waals surface area (Å²) in [5.41, 5.74) is 0.240. The van der Waals surface area contributed by atoms with Crippen molar-refractivity contribution in [1.82, 2.24) is 16.0 Å². The number of hydrogen-bond donors (Lipinski definition) is 3. The number of ether oxygens (including phenoxy) is 3. The van der Waals surface area contributed by atoms with Gasteiger partial charge in [-0.3, -0.25) is 4.79 Å². The molecule has 1 aromatic rings. The van der Waals surface area contributed by atoms with Crippen molar-refractivity contribution in [3.05, 3.63) is 35.9 Å².